The SMILES string of the molecule is CC(C)NC(=O)CN1CCN(Cn2nc(-c3ccc(Br)cc3)oc2=S)CC1. The number of piperazine rings is 1. The molecule has 0 saturated carbocycles. The van der Waals surface area contributed by atoms with Crippen molar-refractivity contribution >= 4 is 34.1 Å². The summed E-state index contributed by atoms with van der Waals surface area (Å²) in [5.41, 5.74) is 0.893. The number of hydrogen-bond donors (Lipinski definition) is 1. The highest BCUT2D eigenvalue weighted by molar-refractivity contribution is 9.10. The largest absolute Gasteiger partial charge is 0.409 e. The second-order valence-corrected chi connectivity index (χ2v) is 8.20. The maximum Gasteiger partial charge on any atom is 0.288 e. The molecule has 1 aromatic carbocycles. The maximum atomic E-state index is 11.9. The molecule has 1 amide bonds. The number of amides is 1. The third-order valence-corrected chi connectivity index (χ3v) is 5.14. The van der Waals surface area contributed by atoms with Gasteiger partial charge in [-0.2, -0.15) is 0 Å². The predicted octanol–water partition coefficient (Wildman–Crippen LogP) is 2.73. The Balaban J connectivity index is 1.54. The van der Waals surface area contributed by atoms with Crippen LogP contribution in [0.3, 0.4) is 0 Å². The molecule has 27 heavy (non-hydrogen) atoms. The number of nitrogens with one attached hydrogen (secondary N) is 1. The minimum atomic E-state index is 0.0799. The third kappa shape index (κ3) is 5.71. The predicted molar refractivity (Wildman–Crippen MR) is 110 cm³/mol. The Hall–Kier alpha value is -1.55. The summed E-state index contributed by atoms with van der Waals surface area (Å²) in [5.74, 6) is 0.604. The Bertz CT molecular complexity index is 825. The maximum absolute atomic E-state index is 11.9. The quantitative estimate of drug-likeness (QED) is 0.678. The molecule has 0 radical (unpaired) electrons. The standard InChI is InChI=1S/C18H24BrN5O2S/c1-13(2)20-16(25)11-22-7-9-23(10-8-22)12-24-18(27)26-17(21-24)14-3-5-15(19)6-4-14/h3-6,13H,7-12H2,1-2H3,(H,20,25). The van der Waals surface area contributed by atoms with Gasteiger partial charge in [0, 0.05) is 42.3 Å². The van der Waals surface area contributed by atoms with E-state index in [0.29, 0.717) is 23.9 Å². The summed E-state index contributed by atoms with van der Waals surface area (Å²) in [5, 5.41) is 7.45. The molecule has 0 atom stereocenters. The molecule has 1 fully saturated rings. The number of aromatic nitrogens is 2. The highest BCUT2D eigenvalue weighted by Crippen LogP contribution is 2.20. The van der Waals surface area contributed by atoms with Crippen molar-refractivity contribution < 1.29 is 9.21 Å². The monoisotopic (exact) mass is 453 g/mol. The van der Waals surface area contributed by atoms with Crippen LogP contribution in [0.4, 0.5) is 0 Å². The lowest BCUT2D eigenvalue weighted by atomic mass is 10.2. The van der Waals surface area contributed by atoms with E-state index < -0.39 is 0 Å². The first kappa shape index (κ1) is 20.2. The summed E-state index contributed by atoms with van der Waals surface area (Å²) in [7, 11) is 0. The molecule has 3 rings (SSSR count). The van der Waals surface area contributed by atoms with Crippen LogP contribution in [0.5, 0.6) is 0 Å². The normalized spacial score (nSPS) is 16.0. The summed E-state index contributed by atoms with van der Waals surface area (Å²) >= 11 is 8.74. The van der Waals surface area contributed by atoms with Crippen molar-refractivity contribution in [2.24, 2.45) is 0 Å². The number of nitrogens with zero attached hydrogens (tertiary/aromatic N) is 4. The van der Waals surface area contributed by atoms with Gasteiger partial charge in [0.15, 0.2) is 0 Å². The van der Waals surface area contributed by atoms with Gasteiger partial charge in [-0.15, -0.1) is 5.10 Å². The molecule has 2 aromatic rings. The molecule has 0 bridgehead atoms. The van der Waals surface area contributed by atoms with E-state index in [0.717, 1.165) is 36.2 Å². The minimum Gasteiger partial charge on any atom is -0.409 e. The topological polar surface area (TPSA) is 66.5 Å². The molecule has 146 valence electrons. The van der Waals surface area contributed by atoms with Gasteiger partial charge in [-0.05, 0) is 50.3 Å². The van der Waals surface area contributed by atoms with Crippen LogP contribution in [0.15, 0.2) is 33.2 Å². The van der Waals surface area contributed by atoms with Crippen molar-refractivity contribution in [2.45, 2.75) is 26.6 Å². The molecule has 0 unspecified atom stereocenters. The van der Waals surface area contributed by atoms with E-state index in [9.17, 15) is 4.79 Å². The van der Waals surface area contributed by atoms with Crippen LogP contribution < -0.4 is 5.32 Å². The van der Waals surface area contributed by atoms with Gasteiger partial charge in [0.1, 0.15) is 0 Å². The Morgan fingerprint density at radius 3 is 2.48 bits per heavy atom. The average molecular weight is 454 g/mol. The lowest BCUT2D eigenvalue weighted by Gasteiger charge is -2.33. The van der Waals surface area contributed by atoms with Crippen molar-refractivity contribution in [3.05, 3.63) is 33.6 Å². The molecule has 9 heteroatoms. The minimum absolute atomic E-state index is 0.0799. The molecule has 7 nitrogen and oxygen atoms in total. The number of carbonyl (C=O) groups excluding carboxylic acids is 1. The zero-order valence-corrected chi connectivity index (χ0v) is 17.9. The van der Waals surface area contributed by atoms with Crippen LogP contribution in [0.2, 0.25) is 0 Å². The van der Waals surface area contributed by atoms with Gasteiger partial charge in [-0.1, -0.05) is 15.9 Å². The summed E-state index contributed by atoms with van der Waals surface area (Å²) in [6, 6.07) is 7.95. The van der Waals surface area contributed by atoms with Gasteiger partial charge in [0.05, 0.1) is 13.2 Å². The van der Waals surface area contributed by atoms with E-state index in [-0.39, 0.29) is 11.9 Å². The lowest BCUT2D eigenvalue weighted by Crippen LogP contribution is -2.50. The van der Waals surface area contributed by atoms with Gasteiger partial charge in [0.2, 0.25) is 11.8 Å². The summed E-state index contributed by atoms with van der Waals surface area (Å²) in [6.45, 7) is 8.38. The summed E-state index contributed by atoms with van der Waals surface area (Å²) < 4.78 is 8.37. The first-order valence-corrected chi connectivity index (χ1v) is 10.2. The second kappa shape index (κ2) is 9.09. The van der Waals surface area contributed by atoms with Crippen LogP contribution in [0, 0.1) is 4.84 Å². The number of halogens is 1. The van der Waals surface area contributed by atoms with Crippen LogP contribution in [0.1, 0.15) is 13.8 Å². The zero-order valence-electron chi connectivity index (χ0n) is 15.5. The molecular formula is C18H24BrN5O2S. The molecule has 2 heterocycles. The molecule has 0 spiro atoms. The second-order valence-electron chi connectivity index (χ2n) is 6.94. The smallest absolute Gasteiger partial charge is 0.288 e. The fraction of sp³-hybridized carbons (Fsp3) is 0.500. The van der Waals surface area contributed by atoms with Gasteiger partial charge in [-0.3, -0.25) is 14.6 Å². The number of hydrogen-bond acceptors (Lipinski definition) is 6. The first-order valence-electron chi connectivity index (χ1n) is 8.98. The Kier molecular flexibility index (Phi) is 6.80. The zero-order chi connectivity index (χ0) is 19.4. The number of carbonyl (C=O) groups is 1. The summed E-state index contributed by atoms with van der Waals surface area (Å²) in [6.07, 6.45) is 0. The molecule has 1 aromatic heterocycles. The Morgan fingerprint density at radius 1 is 1.22 bits per heavy atom. The molecule has 1 aliphatic rings. The van der Waals surface area contributed by atoms with Crippen molar-refractivity contribution in [3.63, 3.8) is 0 Å². The molecule has 0 aliphatic carbocycles. The van der Waals surface area contributed by atoms with Gasteiger partial charge >= 0.3 is 0 Å². The average Bonchev–Trinajstić information content (AvgIpc) is 2.97. The van der Waals surface area contributed by atoms with E-state index in [4.69, 9.17) is 16.6 Å². The van der Waals surface area contributed by atoms with Crippen molar-refractivity contribution in [1.82, 2.24) is 24.9 Å². The fourth-order valence-corrected chi connectivity index (χ4v) is 3.40. The van der Waals surface area contributed by atoms with Crippen molar-refractivity contribution in [1.29, 1.82) is 0 Å². The number of benzene rings is 1. The number of rotatable bonds is 6. The molecule has 1 aliphatic heterocycles. The molecule has 1 N–H and O–H groups in total. The van der Waals surface area contributed by atoms with Gasteiger partial charge in [0.25, 0.3) is 4.84 Å². The van der Waals surface area contributed by atoms with Crippen molar-refractivity contribution in [2.75, 3.05) is 32.7 Å². The first-order chi connectivity index (χ1) is 12.9. The van der Waals surface area contributed by atoms with E-state index in [1.54, 1.807) is 4.68 Å². The lowest BCUT2D eigenvalue weighted by molar-refractivity contribution is -0.123. The van der Waals surface area contributed by atoms with E-state index >= 15 is 0 Å². The van der Waals surface area contributed by atoms with E-state index in [1.165, 1.54) is 0 Å². The van der Waals surface area contributed by atoms with Crippen LogP contribution in [-0.2, 0) is 11.5 Å². The highest BCUT2D eigenvalue weighted by Gasteiger charge is 2.20. The van der Waals surface area contributed by atoms with Crippen molar-refractivity contribution in [3.8, 4) is 11.5 Å². The fourth-order valence-electron chi connectivity index (χ4n) is 2.95. The highest BCUT2D eigenvalue weighted by atomic mass is 79.9. The van der Waals surface area contributed by atoms with Crippen LogP contribution in [-0.4, -0.2) is 64.3 Å². The van der Waals surface area contributed by atoms with E-state index in [2.05, 4.69) is 36.1 Å². The third-order valence-electron chi connectivity index (χ3n) is 4.31. The van der Waals surface area contributed by atoms with Gasteiger partial charge in [-0.25, -0.2) is 4.68 Å². The Morgan fingerprint density at radius 2 is 1.85 bits per heavy atom. The molecular weight excluding hydrogens is 430 g/mol. The van der Waals surface area contributed by atoms with Crippen LogP contribution >= 0.6 is 28.1 Å². The Labute approximate surface area is 172 Å². The van der Waals surface area contributed by atoms with E-state index in [1.807, 2.05) is 38.1 Å². The van der Waals surface area contributed by atoms with Gasteiger partial charge < -0.3 is 9.73 Å². The summed E-state index contributed by atoms with van der Waals surface area (Å²) in [4.78, 5) is 16.7. The van der Waals surface area contributed by atoms with Crippen LogP contribution in [0.25, 0.3) is 11.5 Å². The molecule has 1 saturated heterocycles.